The molecule has 4 aromatic carbocycles. The quantitative estimate of drug-likeness (QED) is 0.0290. The first-order chi connectivity index (χ1) is 31.2. The van der Waals surface area contributed by atoms with Gasteiger partial charge in [-0.15, -0.1) is 0 Å². The second-order valence-corrected chi connectivity index (χ2v) is 15.2. The average Bonchev–Trinajstić information content (AvgIpc) is 3.32. The monoisotopic (exact) mass is 874 g/mol. The fourth-order valence-corrected chi connectivity index (χ4v) is 6.73. The minimum Gasteiger partial charge on any atom is -0.459 e. The summed E-state index contributed by atoms with van der Waals surface area (Å²) >= 11 is 0. The summed E-state index contributed by atoms with van der Waals surface area (Å²) in [5, 5.41) is 4.90. The van der Waals surface area contributed by atoms with Crippen molar-refractivity contribution in [3.63, 3.8) is 0 Å². The molecule has 6 rings (SSSR count). The van der Waals surface area contributed by atoms with Crippen LogP contribution in [0.4, 0.5) is 14.4 Å². The molecule has 0 saturated carbocycles. The summed E-state index contributed by atoms with van der Waals surface area (Å²) in [6.07, 6.45) is 4.75. The number of aliphatic imine (C=N–C) groups is 1. The van der Waals surface area contributed by atoms with E-state index < -0.39 is 30.2 Å². The van der Waals surface area contributed by atoms with E-state index in [0.717, 1.165) is 60.1 Å². The summed E-state index contributed by atoms with van der Waals surface area (Å²) in [7, 11) is 0. The topological polar surface area (TPSA) is 176 Å². The summed E-state index contributed by atoms with van der Waals surface area (Å²) in [5.41, 5.74) is 3.87. The van der Waals surface area contributed by atoms with E-state index in [2.05, 4.69) is 27.8 Å². The molecule has 2 heterocycles. The number of unbranched alkanes of at least 4 members (excludes halogenated alkanes) is 3. The minimum atomic E-state index is -0.885. The van der Waals surface area contributed by atoms with Gasteiger partial charge in [-0.3, -0.25) is 25.2 Å². The minimum absolute atomic E-state index is 0.00423. The highest BCUT2D eigenvalue weighted by Crippen LogP contribution is 2.24. The lowest BCUT2D eigenvalue weighted by Gasteiger charge is -2.42. The highest BCUT2D eigenvalue weighted by Gasteiger charge is 2.48. The Hall–Kier alpha value is -7.03. The molecule has 0 aromatic heterocycles. The number of alkyl carbamates (subject to hydrolysis) is 2. The number of imide groups is 1. The molecule has 0 bridgehead atoms. The second kappa shape index (κ2) is 26.4. The summed E-state index contributed by atoms with van der Waals surface area (Å²) < 4.78 is 15.6. The first-order valence-electron chi connectivity index (χ1n) is 21.8. The molecule has 1 unspecified atom stereocenters. The lowest BCUT2D eigenvalue weighted by atomic mass is 10.0. The Morgan fingerprint density at radius 3 is 1.55 bits per heavy atom. The molecule has 2 fully saturated rings. The molecule has 2 saturated heterocycles. The number of piperazine rings is 1. The van der Waals surface area contributed by atoms with Gasteiger partial charge in [0.2, 0.25) is 17.8 Å². The summed E-state index contributed by atoms with van der Waals surface area (Å²) in [6, 6.07) is 36.8. The maximum atomic E-state index is 12.9. The highest BCUT2D eigenvalue weighted by atomic mass is 16.6. The van der Waals surface area contributed by atoms with Crippen molar-refractivity contribution in [1.29, 1.82) is 0 Å². The van der Waals surface area contributed by atoms with Crippen LogP contribution in [0.3, 0.4) is 0 Å². The Bertz CT molecular complexity index is 2060. The van der Waals surface area contributed by atoms with Crippen LogP contribution in [-0.4, -0.2) is 95.4 Å². The number of likely N-dealkylation sites (tertiary alicyclic amines) is 1. The van der Waals surface area contributed by atoms with Crippen LogP contribution in [-0.2, 0) is 54.8 Å². The summed E-state index contributed by atoms with van der Waals surface area (Å²) in [5.74, 6) is -0.850. The number of urea groups is 1. The second-order valence-electron chi connectivity index (χ2n) is 15.2. The Morgan fingerprint density at radius 2 is 1.06 bits per heavy atom. The van der Waals surface area contributed by atoms with Gasteiger partial charge in [-0.25, -0.2) is 24.1 Å². The molecular formula is C49H58N6O9. The molecule has 4 aromatic rings. The number of amides is 6. The predicted molar refractivity (Wildman–Crippen MR) is 240 cm³/mol. The highest BCUT2D eigenvalue weighted by molar-refractivity contribution is 6.06. The van der Waals surface area contributed by atoms with Crippen LogP contribution in [0, 0.1) is 0 Å². The van der Waals surface area contributed by atoms with Gasteiger partial charge in [-0.2, -0.15) is 0 Å². The maximum Gasteiger partial charge on any atom is 0.414 e. The van der Waals surface area contributed by atoms with Gasteiger partial charge in [-0.05, 0) is 47.9 Å². The number of carbonyl (C=O) groups excluding carboxylic acids is 6. The van der Waals surface area contributed by atoms with Crippen molar-refractivity contribution >= 4 is 42.0 Å². The third kappa shape index (κ3) is 16.3. The number of aryl methyl sites for hydroxylation is 1. The van der Waals surface area contributed by atoms with E-state index >= 15 is 0 Å². The first kappa shape index (κ1) is 48.0. The summed E-state index contributed by atoms with van der Waals surface area (Å²) in [4.78, 5) is 82.7. The van der Waals surface area contributed by atoms with Gasteiger partial charge in [0.05, 0.1) is 6.42 Å². The lowest BCUT2D eigenvalue weighted by molar-refractivity contribution is -0.163. The number of carbonyl (C=O) groups is 6. The van der Waals surface area contributed by atoms with E-state index in [1.54, 1.807) is 4.90 Å². The Kier molecular flexibility index (Phi) is 19.8. The van der Waals surface area contributed by atoms with E-state index in [-0.39, 0.29) is 44.0 Å². The number of rotatable bonds is 16. The molecule has 15 heteroatoms. The van der Waals surface area contributed by atoms with Gasteiger partial charge < -0.3 is 24.0 Å². The van der Waals surface area contributed by atoms with Gasteiger partial charge in [-0.1, -0.05) is 141 Å². The van der Waals surface area contributed by atoms with E-state index in [4.69, 9.17) is 14.2 Å². The van der Waals surface area contributed by atoms with Gasteiger partial charge >= 0.3 is 24.2 Å². The van der Waals surface area contributed by atoms with Crippen molar-refractivity contribution in [2.45, 2.75) is 84.2 Å². The molecule has 1 atom stereocenters. The Labute approximate surface area is 374 Å². The van der Waals surface area contributed by atoms with Crippen LogP contribution in [0.25, 0.3) is 0 Å². The molecule has 2 N–H and O–H groups in total. The molecular weight excluding hydrogens is 817 g/mol. The number of esters is 1. The number of nitrogens with one attached hydrogen (secondary N) is 2. The number of benzene rings is 4. The molecule has 64 heavy (non-hydrogen) atoms. The van der Waals surface area contributed by atoms with E-state index in [1.165, 1.54) is 10.5 Å². The van der Waals surface area contributed by atoms with Crippen LogP contribution in [0.1, 0.15) is 74.1 Å². The van der Waals surface area contributed by atoms with Crippen molar-refractivity contribution in [2.24, 2.45) is 4.99 Å². The Morgan fingerprint density at radius 1 is 0.594 bits per heavy atom. The molecule has 338 valence electrons. The van der Waals surface area contributed by atoms with Gasteiger partial charge in [0.15, 0.2) is 0 Å². The van der Waals surface area contributed by atoms with Crippen LogP contribution in [0.15, 0.2) is 126 Å². The SMILES string of the molecule is CCCCN=C(NC(=O)OCc1ccccc1)NC(=O)OCc1ccccc1.O=C(OCc1ccccc1)C1CC(=O)N1C(=O)N1CCN(C(=O)CCCCCc2ccccc2)CC1. The van der Waals surface area contributed by atoms with Crippen LogP contribution < -0.4 is 10.6 Å². The Balaban J connectivity index is 0.000000249. The fraction of sp³-hybridized carbons (Fsp3) is 0.367. The maximum absolute atomic E-state index is 12.9. The number of hydrogen-bond donors (Lipinski definition) is 2. The first-order valence-corrected chi connectivity index (χ1v) is 21.8. The summed E-state index contributed by atoms with van der Waals surface area (Å²) in [6.45, 7) is 4.37. The van der Waals surface area contributed by atoms with Crippen LogP contribution >= 0.6 is 0 Å². The molecule has 0 radical (unpaired) electrons. The number of hydrogen-bond acceptors (Lipinski definition) is 10. The number of ether oxygens (including phenoxy) is 3. The molecule has 2 aliphatic heterocycles. The molecule has 2 aliphatic rings. The average molecular weight is 875 g/mol. The third-order valence-corrected chi connectivity index (χ3v) is 10.4. The predicted octanol–water partition coefficient (Wildman–Crippen LogP) is 7.39. The number of nitrogens with zero attached hydrogens (tertiary/aromatic N) is 4. The smallest absolute Gasteiger partial charge is 0.414 e. The van der Waals surface area contributed by atoms with Crippen molar-refractivity contribution in [3.05, 3.63) is 144 Å². The zero-order chi connectivity index (χ0) is 45.4. The van der Waals surface area contributed by atoms with Crippen LogP contribution in [0.5, 0.6) is 0 Å². The van der Waals surface area contributed by atoms with Crippen LogP contribution in [0.2, 0.25) is 0 Å². The number of β-lactam (4-membered cyclic amide) rings is 1. The van der Waals surface area contributed by atoms with Crippen molar-refractivity contribution < 1.29 is 43.0 Å². The zero-order valence-electron chi connectivity index (χ0n) is 36.4. The standard InChI is InChI=1S/C28H33N3O5.C21H25N3O4/c32-25(15-9-3-6-12-22-10-4-1-5-11-22)29-16-18-30(19-17-29)28(35)31-24(20-26(31)33)27(34)36-21-23-13-7-2-8-14-23;1-2-3-14-22-19(23-20(25)27-15-17-10-6-4-7-11-17)24-21(26)28-16-18-12-8-5-9-13-18/h1-2,4-5,7-8,10-11,13-14,24H,3,6,9,12,15-21H2;4-13H,2-3,14-16H2,1H3,(H2,22,23,24,25,26). The number of guanidine groups is 1. The van der Waals surface area contributed by atoms with Gasteiger partial charge in [0.1, 0.15) is 25.9 Å². The van der Waals surface area contributed by atoms with E-state index in [1.807, 2.05) is 116 Å². The van der Waals surface area contributed by atoms with E-state index in [0.29, 0.717) is 39.1 Å². The molecule has 15 nitrogen and oxygen atoms in total. The largest absolute Gasteiger partial charge is 0.459 e. The van der Waals surface area contributed by atoms with Gasteiger partial charge in [0, 0.05) is 39.1 Å². The normalized spacial score (nSPS) is 14.2. The third-order valence-electron chi connectivity index (χ3n) is 10.4. The molecule has 0 spiro atoms. The molecule has 6 amide bonds. The van der Waals surface area contributed by atoms with Crippen molar-refractivity contribution in [1.82, 2.24) is 25.3 Å². The molecule has 0 aliphatic carbocycles. The fourth-order valence-electron chi connectivity index (χ4n) is 6.73. The van der Waals surface area contributed by atoms with E-state index in [9.17, 15) is 28.8 Å². The lowest BCUT2D eigenvalue weighted by Crippen LogP contribution is -2.64. The van der Waals surface area contributed by atoms with Crippen molar-refractivity contribution in [2.75, 3.05) is 32.7 Å². The van der Waals surface area contributed by atoms with Gasteiger partial charge in [0.25, 0.3) is 0 Å². The van der Waals surface area contributed by atoms with Crippen molar-refractivity contribution in [3.8, 4) is 0 Å². The zero-order valence-corrected chi connectivity index (χ0v) is 36.4.